The Morgan fingerprint density at radius 1 is 1.50 bits per heavy atom. The third-order valence-corrected chi connectivity index (χ3v) is 3.53. The molecule has 1 fully saturated rings. The van der Waals surface area contributed by atoms with Crippen molar-refractivity contribution >= 4 is 10.0 Å². The molecular formula is C7H13F3N2O3S. The zero-order valence-corrected chi connectivity index (χ0v) is 9.31. The molecular weight excluding hydrogens is 249 g/mol. The molecule has 1 rings (SSSR count). The summed E-state index contributed by atoms with van der Waals surface area (Å²) in [6, 6.07) is -1.65. The highest BCUT2D eigenvalue weighted by atomic mass is 32.2. The van der Waals surface area contributed by atoms with Gasteiger partial charge in [-0.2, -0.15) is 13.2 Å². The number of alkyl halides is 3. The molecule has 1 aliphatic carbocycles. The summed E-state index contributed by atoms with van der Waals surface area (Å²) in [6.45, 7) is 1.96. The lowest BCUT2D eigenvalue weighted by molar-refractivity contribution is -0.0510. The van der Waals surface area contributed by atoms with Gasteiger partial charge in [0, 0.05) is 12.6 Å². The normalized spacial score (nSPS) is 31.2. The lowest BCUT2D eigenvalue weighted by Gasteiger charge is -2.42. The Morgan fingerprint density at radius 3 is 2.44 bits per heavy atom. The molecule has 0 amide bonds. The quantitative estimate of drug-likeness (QED) is 0.743. The van der Waals surface area contributed by atoms with Crippen molar-refractivity contribution in [1.29, 1.82) is 0 Å². The minimum absolute atomic E-state index is 0.293. The first-order valence-corrected chi connectivity index (χ1v) is 6.13. The molecule has 3 N–H and O–H groups in total. The van der Waals surface area contributed by atoms with Crippen LogP contribution in [0.3, 0.4) is 0 Å². The van der Waals surface area contributed by atoms with Gasteiger partial charge < -0.3 is 10.5 Å². The molecule has 0 aromatic heterocycles. The topological polar surface area (TPSA) is 81.4 Å². The fourth-order valence-corrected chi connectivity index (χ4v) is 2.25. The number of rotatable bonds is 4. The molecule has 9 heteroatoms. The Kier molecular flexibility index (Phi) is 3.83. The van der Waals surface area contributed by atoms with Crippen molar-refractivity contribution in [3.8, 4) is 0 Å². The number of ether oxygens (including phenoxy) is 1. The number of nitrogens with two attached hydrogens (primary N) is 1. The molecule has 0 aromatic carbocycles. The first-order valence-electron chi connectivity index (χ1n) is 4.65. The maximum absolute atomic E-state index is 12.1. The molecule has 0 saturated heterocycles. The average molecular weight is 262 g/mol. The SMILES string of the molecule is CCOC1CC(N)C1NS(=O)(=O)C(F)(F)F. The fourth-order valence-electron chi connectivity index (χ4n) is 1.44. The van der Waals surface area contributed by atoms with Gasteiger partial charge in [0.15, 0.2) is 0 Å². The monoisotopic (exact) mass is 262 g/mol. The Labute approximate surface area is 91.2 Å². The van der Waals surface area contributed by atoms with E-state index in [9.17, 15) is 21.6 Å². The molecule has 96 valence electrons. The van der Waals surface area contributed by atoms with E-state index in [0.717, 1.165) is 0 Å². The molecule has 0 aliphatic heterocycles. The molecule has 5 nitrogen and oxygen atoms in total. The summed E-state index contributed by atoms with van der Waals surface area (Å²) in [5.41, 5.74) is 0.0992. The van der Waals surface area contributed by atoms with Crippen LogP contribution in [0.25, 0.3) is 0 Å². The summed E-state index contributed by atoms with van der Waals surface area (Å²) in [5.74, 6) is 0. The van der Waals surface area contributed by atoms with E-state index >= 15 is 0 Å². The van der Waals surface area contributed by atoms with Crippen LogP contribution >= 0.6 is 0 Å². The van der Waals surface area contributed by atoms with E-state index in [4.69, 9.17) is 10.5 Å². The van der Waals surface area contributed by atoms with Gasteiger partial charge in [-0.05, 0) is 13.3 Å². The number of hydrogen-bond donors (Lipinski definition) is 2. The van der Waals surface area contributed by atoms with Gasteiger partial charge >= 0.3 is 15.5 Å². The Bertz CT molecular complexity index is 341. The van der Waals surface area contributed by atoms with Gasteiger partial charge in [0.25, 0.3) is 0 Å². The predicted molar refractivity (Wildman–Crippen MR) is 49.9 cm³/mol. The van der Waals surface area contributed by atoms with Gasteiger partial charge in [-0.3, -0.25) is 0 Å². The van der Waals surface area contributed by atoms with Crippen LogP contribution in [-0.4, -0.2) is 38.7 Å². The average Bonchev–Trinajstić information content (AvgIpc) is 2.13. The smallest absolute Gasteiger partial charge is 0.377 e. The third-order valence-electron chi connectivity index (χ3n) is 2.34. The van der Waals surface area contributed by atoms with Gasteiger partial charge in [0.1, 0.15) is 0 Å². The molecule has 0 bridgehead atoms. The molecule has 0 heterocycles. The van der Waals surface area contributed by atoms with E-state index in [0.29, 0.717) is 13.0 Å². The second-order valence-electron chi connectivity index (χ2n) is 3.49. The minimum Gasteiger partial charge on any atom is -0.377 e. The number of nitrogens with one attached hydrogen (secondary N) is 1. The Balaban J connectivity index is 2.67. The number of halogens is 3. The lowest BCUT2D eigenvalue weighted by Crippen LogP contribution is -2.65. The summed E-state index contributed by atoms with van der Waals surface area (Å²) in [5, 5.41) is 0. The van der Waals surface area contributed by atoms with Crippen molar-refractivity contribution in [2.45, 2.75) is 37.0 Å². The molecule has 1 aliphatic rings. The van der Waals surface area contributed by atoms with Crippen LogP contribution in [0, 0.1) is 0 Å². The summed E-state index contributed by atoms with van der Waals surface area (Å²) in [7, 11) is -5.35. The molecule has 0 aromatic rings. The van der Waals surface area contributed by atoms with Gasteiger partial charge in [-0.25, -0.2) is 13.1 Å². The molecule has 0 radical (unpaired) electrons. The van der Waals surface area contributed by atoms with Crippen molar-refractivity contribution in [2.24, 2.45) is 5.73 Å². The maximum atomic E-state index is 12.1. The fraction of sp³-hybridized carbons (Fsp3) is 1.00. The summed E-state index contributed by atoms with van der Waals surface area (Å²) in [4.78, 5) is 0. The standard InChI is InChI=1S/C7H13F3N2O3S/c1-2-15-5-3-4(11)6(5)12-16(13,14)7(8,9)10/h4-6,12H,2-3,11H2,1H3. The van der Waals surface area contributed by atoms with Gasteiger partial charge in [-0.1, -0.05) is 0 Å². The van der Waals surface area contributed by atoms with Crippen LogP contribution < -0.4 is 10.5 Å². The summed E-state index contributed by atoms with van der Waals surface area (Å²) >= 11 is 0. The van der Waals surface area contributed by atoms with Crippen LogP contribution in [0.1, 0.15) is 13.3 Å². The van der Waals surface area contributed by atoms with E-state index in [1.54, 1.807) is 6.92 Å². The van der Waals surface area contributed by atoms with Crippen molar-refractivity contribution in [3.05, 3.63) is 0 Å². The van der Waals surface area contributed by atoms with E-state index in [1.807, 2.05) is 0 Å². The molecule has 3 atom stereocenters. The summed E-state index contributed by atoms with van der Waals surface area (Å²) in [6.07, 6.45) is -0.240. The largest absolute Gasteiger partial charge is 0.511 e. The number of sulfonamides is 1. The highest BCUT2D eigenvalue weighted by Crippen LogP contribution is 2.28. The lowest BCUT2D eigenvalue weighted by atomic mass is 9.84. The molecule has 1 saturated carbocycles. The third kappa shape index (κ3) is 2.65. The second kappa shape index (κ2) is 4.47. The van der Waals surface area contributed by atoms with Crippen LogP contribution in [0.4, 0.5) is 13.2 Å². The van der Waals surface area contributed by atoms with Crippen molar-refractivity contribution in [3.63, 3.8) is 0 Å². The van der Waals surface area contributed by atoms with Gasteiger partial charge in [0.05, 0.1) is 12.1 Å². The highest BCUT2D eigenvalue weighted by Gasteiger charge is 2.51. The molecule has 3 unspecified atom stereocenters. The first kappa shape index (κ1) is 13.7. The number of hydrogen-bond acceptors (Lipinski definition) is 4. The Hall–Kier alpha value is -0.380. The molecule has 16 heavy (non-hydrogen) atoms. The highest BCUT2D eigenvalue weighted by molar-refractivity contribution is 7.90. The van der Waals surface area contributed by atoms with E-state index in [2.05, 4.69) is 0 Å². The zero-order valence-electron chi connectivity index (χ0n) is 8.49. The van der Waals surface area contributed by atoms with Gasteiger partial charge in [-0.15, -0.1) is 0 Å². The molecule has 0 spiro atoms. The van der Waals surface area contributed by atoms with Crippen molar-refractivity contribution in [1.82, 2.24) is 4.72 Å². The van der Waals surface area contributed by atoms with Crippen molar-refractivity contribution < 1.29 is 26.3 Å². The van der Waals surface area contributed by atoms with E-state index in [-0.39, 0.29) is 0 Å². The maximum Gasteiger partial charge on any atom is 0.511 e. The minimum atomic E-state index is -5.35. The summed E-state index contributed by atoms with van der Waals surface area (Å²) < 4.78 is 64.4. The zero-order chi connectivity index (χ0) is 12.6. The Morgan fingerprint density at radius 2 is 2.06 bits per heavy atom. The van der Waals surface area contributed by atoms with Gasteiger partial charge in [0.2, 0.25) is 0 Å². The van der Waals surface area contributed by atoms with Crippen LogP contribution in [-0.2, 0) is 14.8 Å². The van der Waals surface area contributed by atoms with E-state index in [1.165, 1.54) is 4.72 Å². The van der Waals surface area contributed by atoms with Crippen LogP contribution in [0.5, 0.6) is 0 Å². The predicted octanol–water partition coefficient (Wildman–Crippen LogP) is -0.0697. The van der Waals surface area contributed by atoms with Crippen LogP contribution in [0.2, 0.25) is 0 Å². The van der Waals surface area contributed by atoms with Crippen LogP contribution in [0.15, 0.2) is 0 Å². The second-order valence-corrected chi connectivity index (χ2v) is 5.19. The van der Waals surface area contributed by atoms with Crippen molar-refractivity contribution in [2.75, 3.05) is 6.61 Å². The first-order chi connectivity index (χ1) is 7.19. The van der Waals surface area contributed by atoms with E-state index < -0.39 is 33.7 Å².